The van der Waals surface area contributed by atoms with Gasteiger partial charge in [-0.2, -0.15) is 0 Å². The molecule has 0 saturated heterocycles. The van der Waals surface area contributed by atoms with Gasteiger partial charge in [-0.25, -0.2) is 0 Å². The molecule has 36 heavy (non-hydrogen) atoms. The third kappa shape index (κ3) is 5.72. The molecule has 5 rings (SSSR count). The Balaban J connectivity index is 1.35. The van der Waals surface area contributed by atoms with Gasteiger partial charge in [-0.15, -0.1) is 0 Å². The average molecular weight is 480 g/mol. The SMILES string of the molecule is COc1cc2c(cc1OCc1ccccc1)C(Cc1cccc(OCc3ccccc3)c1)N(C)CC2. The zero-order chi connectivity index (χ0) is 24.7. The molecule has 1 aliphatic rings. The summed E-state index contributed by atoms with van der Waals surface area (Å²) in [7, 11) is 3.92. The molecule has 0 aromatic heterocycles. The first kappa shape index (κ1) is 24.0. The third-order valence-electron chi connectivity index (χ3n) is 6.86. The van der Waals surface area contributed by atoms with E-state index in [2.05, 4.69) is 66.5 Å². The fraction of sp³-hybridized carbons (Fsp3) is 0.250. The van der Waals surface area contributed by atoms with Gasteiger partial charge in [-0.1, -0.05) is 72.8 Å². The van der Waals surface area contributed by atoms with Crippen molar-refractivity contribution in [3.05, 3.63) is 125 Å². The summed E-state index contributed by atoms with van der Waals surface area (Å²) >= 11 is 0. The van der Waals surface area contributed by atoms with Crippen LogP contribution in [-0.4, -0.2) is 25.6 Å². The molecule has 1 heterocycles. The number of ether oxygens (including phenoxy) is 3. The van der Waals surface area contributed by atoms with Gasteiger partial charge in [-0.05, 0) is 72.0 Å². The van der Waals surface area contributed by atoms with E-state index < -0.39 is 0 Å². The van der Waals surface area contributed by atoms with Gasteiger partial charge < -0.3 is 14.2 Å². The zero-order valence-corrected chi connectivity index (χ0v) is 21.0. The van der Waals surface area contributed by atoms with Crippen molar-refractivity contribution in [2.75, 3.05) is 20.7 Å². The van der Waals surface area contributed by atoms with Crippen LogP contribution in [0.3, 0.4) is 0 Å². The third-order valence-corrected chi connectivity index (χ3v) is 6.86. The van der Waals surface area contributed by atoms with Gasteiger partial charge in [0.05, 0.1) is 7.11 Å². The van der Waals surface area contributed by atoms with Crippen molar-refractivity contribution in [3.63, 3.8) is 0 Å². The van der Waals surface area contributed by atoms with Crippen molar-refractivity contribution in [1.82, 2.24) is 4.90 Å². The maximum absolute atomic E-state index is 6.24. The second-order valence-electron chi connectivity index (χ2n) is 9.35. The molecule has 1 atom stereocenters. The largest absolute Gasteiger partial charge is 0.493 e. The van der Waals surface area contributed by atoms with Crippen LogP contribution in [0.1, 0.15) is 33.9 Å². The topological polar surface area (TPSA) is 30.9 Å². The molecule has 0 saturated carbocycles. The Bertz CT molecular complexity index is 1270. The van der Waals surface area contributed by atoms with Crippen molar-refractivity contribution in [2.45, 2.75) is 32.1 Å². The fourth-order valence-electron chi connectivity index (χ4n) is 4.83. The Morgan fingerprint density at radius 3 is 2.08 bits per heavy atom. The molecule has 184 valence electrons. The van der Waals surface area contributed by atoms with E-state index >= 15 is 0 Å². The van der Waals surface area contributed by atoms with E-state index in [1.54, 1.807) is 7.11 Å². The van der Waals surface area contributed by atoms with E-state index in [9.17, 15) is 0 Å². The highest BCUT2D eigenvalue weighted by molar-refractivity contribution is 5.50. The van der Waals surface area contributed by atoms with Crippen molar-refractivity contribution >= 4 is 0 Å². The number of rotatable bonds is 9. The minimum atomic E-state index is 0.253. The first-order valence-corrected chi connectivity index (χ1v) is 12.5. The van der Waals surface area contributed by atoms with Crippen LogP contribution in [0.15, 0.2) is 97.1 Å². The molecule has 0 aliphatic carbocycles. The molecule has 0 spiro atoms. The Morgan fingerprint density at radius 2 is 1.39 bits per heavy atom. The van der Waals surface area contributed by atoms with Crippen LogP contribution in [0.4, 0.5) is 0 Å². The molecule has 0 N–H and O–H groups in total. The lowest BCUT2D eigenvalue weighted by molar-refractivity contribution is 0.226. The summed E-state index contributed by atoms with van der Waals surface area (Å²) in [6, 6.07) is 33.6. The molecular formula is C32H33NO3. The van der Waals surface area contributed by atoms with E-state index in [1.165, 1.54) is 22.3 Å². The van der Waals surface area contributed by atoms with E-state index in [-0.39, 0.29) is 6.04 Å². The van der Waals surface area contributed by atoms with Crippen molar-refractivity contribution in [1.29, 1.82) is 0 Å². The smallest absolute Gasteiger partial charge is 0.162 e. The van der Waals surface area contributed by atoms with Gasteiger partial charge in [0.25, 0.3) is 0 Å². The second-order valence-corrected chi connectivity index (χ2v) is 9.35. The average Bonchev–Trinajstić information content (AvgIpc) is 2.93. The molecule has 0 fully saturated rings. The number of hydrogen-bond acceptors (Lipinski definition) is 4. The van der Waals surface area contributed by atoms with Gasteiger partial charge in [0.2, 0.25) is 0 Å². The van der Waals surface area contributed by atoms with Gasteiger partial charge in [0, 0.05) is 12.6 Å². The summed E-state index contributed by atoms with van der Waals surface area (Å²) in [6.45, 7) is 2.09. The molecule has 4 aromatic carbocycles. The molecule has 0 bridgehead atoms. The van der Waals surface area contributed by atoms with Crippen LogP contribution in [0.25, 0.3) is 0 Å². The quantitative estimate of drug-likeness (QED) is 0.270. The molecule has 4 nitrogen and oxygen atoms in total. The molecule has 0 amide bonds. The number of methoxy groups -OCH3 is 1. The maximum Gasteiger partial charge on any atom is 0.162 e. The number of fused-ring (bicyclic) bond motifs is 1. The number of hydrogen-bond donors (Lipinski definition) is 0. The van der Waals surface area contributed by atoms with Crippen LogP contribution in [-0.2, 0) is 26.1 Å². The minimum Gasteiger partial charge on any atom is -0.493 e. The Hall–Kier alpha value is -3.76. The summed E-state index contributed by atoms with van der Waals surface area (Å²) < 4.78 is 18.0. The lowest BCUT2D eigenvalue weighted by Crippen LogP contribution is -2.33. The Kier molecular flexibility index (Phi) is 7.53. The monoisotopic (exact) mass is 479 g/mol. The van der Waals surface area contributed by atoms with Crippen LogP contribution < -0.4 is 14.2 Å². The van der Waals surface area contributed by atoms with Gasteiger partial charge in [0.15, 0.2) is 11.5 Å². The summed E-state index contributed by atoms with van der Waals surface area (Å²) in [4.78, 5) is 2.44. The van der Waals surface area contributed by atoms with Crippen molar-refractivity contribution in [3.8, 4) is 17.2 Å². The predicted molar refractivity (Wildman–Crippen MR) is 144 cm³/mol. The number of likely N-dealkylation sites (N-methyl/N-ethyl adjacent to an activating group) is 1. The normalized spacial score (nSPS) is 15.2. The summed E-state index contributed by atoms with van der Waals surface area (Å²) in [6.07, 6.45) is 1.90. The molecule has 1 unspecified atom stereocenters. The number of benzene rings is 4. The van der Waals surface area contributed by atoms with E-state index in [4.69, 9.17) is 14.2 Å². The highest BCUT2D eigenvalue weighted by atomic mass is 16.5. The molecule has 1 aliphatic heterocycles. The predicted octanol–water partition coefficient (Wildman–Crippen LogP) is 6.62. The summed E-state index contributed by atoms with van der Waals surface area (Å²) in [5, 5.41) is 0. The minimum absolute atomic E-state index is 0.253. The van der Waals surface area contributed by atoms with E-state index in [1.807, 2.05) is 42.5 Å². The second kappa shape index (κ2) is 11.3. The van der Waals surface area contributed by atoms with Gasteiger partial charge in [-0.3, -0.25) is 4.90 Å². The Labute approximate surface area is 214 Å². The van der Waals surface area contributed by atoms with Crippen molar-refractivity contribution < 1.29 is 14.2 Å². The molecule has 4 aromatic rings. The lowest BCUT2D eigenvalue weighted by Gasteiger charge is -2.35. The standard InChI is InChI=1S/C32H33NO3/c1-33-17-16-27-20-31(34-2)32(36-23-25-12-7-4-8-13-25)21-29(27)30(33)19-26-14-9-15-28(18-26)35-22-24-10-5-3-6-11-24/h3-15,18,20-21,30H,16-17,19,22-23H2,1-2H3. The van der Waals surface area contributed by atoms with E-state index in [0.29, 0.717) is 13.2 Å². The lowest BCUT2D eigenvalue weighted by atomic mass is 9.88. The fourth-order valence-corrected chi connectivity index (χ4v) is 4.83. The van der Waals surface area contributed by atoms with Crippen LogP contribution in [0.5, 0.6) is 17.2 Å². The highest BCUT2D eigenvalue weighted by Crippen LogP contribution is 2.39. The zero-order valence-electron chi connectivity index (χ0n) is 21.0. The first-order valence-electron chi connectivity index (χ1n) is 12.5. The Morgan fingerprint density at radius 1 is 0.722 bits per heavy atom. The van der Waals surface area contributed by atoms with Crippen molar-refractivity contribution in [2.24, 2.45) is 0 Å². The van der Waals surface area contributed by atoms with Gasteiger partial charge in [0.1, 0.15) is 19.0 Å². The van der Waals surface area contributed by atoms with Crippen LogP contribution in [0, 0.1) is 0 Å². The highest BCUT2D eigenvalue weighted by Gasteiger charge is 2.27. The van der Waals surface area contributed by atoms with Crippen LogP contribution >= 0.6 is 0 Å². The van der Waals surface area contributed by atoms with Gasteiger partial charge >= 0.3 is 0 Å². The van der Waals surface area contributed by atoms with Crippen LogP contribution in [0.2, 0.25) is 0 Å². The summed E-state index contributed by atoms with van der Waals surface area (Å²) in [5.41, 5.74) is 6.20. The molecule has 0 radical (unpaired) electrons. The van der Waals surface area contributed by atoms with E-state index in [0.717, 1.165) is 42.2 Å². The first-order chi connectivity index (χ1) is 17.7. The molecular weight excluding hydrogens is 446 g/mol. The summed E-state index contributed by atoms with van der Waals surface area (Å²) in [5.74, 6) is 2.49. The number of nitrogens with zero attached hydrogens (tertiary/aromatic N) is 1. The maximum atomic E-state index is 6.24. The molecule has 4 heteroatoms.